The lowest BCUT2D eigenvalue weighted by atomic mass is 9.94. The molecule has 0 N–H and O–H groups in total. The molecule has 0 bridgehead atoms. The zero-order valence-electron chi connectivity index (χ0n) is 10.9. The van der Waals surface area contributed by atoms with Crippen LogP contribution in [-0.4, -0.2) is 41.6 Å². The molecule has 0 spiro atoms. The number of nitrogens with zero attached hydrogens (tertiary/aromatic N) is 2. The van der Waals surface area contributed by atoms with Crippen LogP contribution < -0.4 is 0 Å². The minimum Gasteiger partial charge on any atom is -0.377 e. The molecule has 6 heteroatoms. The summed E-state index contributed by atoms with van der Waals surface area (Å²) in [6.07, 6.45) is 1.86. The Bertz CT molecular complexity index is 496. The van der Waals surface area contributed by atoms with Crippen molar-refractivity contribution >= 4 is 29.1 Å². The van der Waals surface area contributed by atoms with Gasteiger partial charge in [-0.3, -0.25) is 4.79 Å². The van der Waals surface area contributed by atoms with Crippen LogP contribution in [0.1, 0.15) is 30.1 Å². The molecule has 0 aliphatic carbocycles. The summed E-state index contributed by atoms with van der Waals surface area (Å²) in [5.74, 6) is -0.128. The van der Waals surface area contributed by atoms with Crippen LogP contribution in [0.5, 0.6) is 0 Å². The molecule has 104 valence electrons. The fraction of sp³-hybridized carbons (Fsp3) is 0.538. The van der Waals surface area contributed by atoms with E-state index >= 15 is 0 Å². The number of piperidine rings is 1. The van der Waals surface area contributed by atoms with E-state index in [0.29, 0.717) is 18.7 Å². The van der Waals surface area contributed by atoms with Gasteiger partial charge in [0.05, 0.1) is 11.2 Å². The first-order chi connectivity index (χ1) is 8.95. The number of likely N-dealkylation sites (tertiary alicyclic amines) is 1. The van der Waals surface area contributed by atoms with Gasteiger partial charge >= 0.3 is 0 Å². The van der Waals surface area contributed by atoms with Crippen LogP contribution in [-0.2, 0) is 4.74 Å². The van der Waals surface area contributed by atoms with Gasteiger partial charge in [0.15, 0.2) is 0 Å². The smallest absolute Gasteiger partial charge is 0.257 e. The largest absolute Gasteiger partial charge is 0.377 e. The molecule has 1 aliphatic rings. The normalized spacial score (nSPS) is 23.5. The van der Waals surface area contributed by atoms with E-state index in [1.165, 1.54) is 0 Å². The van der Waals surface area contributed by atoms with E-state index in [1.54, 1.807) is 24.1 Å². The summed E-state index contributed by atoms with van der Waals surface area (Å²) < 4.78 is 5.48. The van der Waals surface area contributed by atoms with Crippen molar-refractivity contribution < 1.29 is 9.53 Å². The van der Waals surface area contributed by atoms with Gasteiger partial charge in [0.2, 0.25) is 0 Å². The lowest BCUT2D eigenvalue weighted by Crippen LogP contribution is -2.49. The van der Waals surface area contributed by atoms with Crippen LogP contribution >= 0.6 is 23.2 Å². The van der Waals surface area contributed by atoms with Crippen LogP contribution in [0.25, 0.3) is 0 Å². The minimum absolute atomic E-state index is 0.128. The monoisotopic (exact) mass is 302 g/mol. The summed E-state index contributed by atoms with van der Waals surface area (Å²) in [6, 6.07) is 3.18. The number of amides is 1. The van der Waals surface area contributed by atoms with Gasteiger partial charge in [-0.1, -0.05) is 23.2 Å². The molecule has 1 aromatic rings. The highest BCUT2D eigenvalue weighted by Gasteiger charge is 2.33. The third kappa shape index (κ3) is 3.19. The molecule has 0 saturated carbocycles. The lowest BCUT2D eigenvalue weighted by molar-refractivity contribution is -0.0440. The van der Waals surface area contributed by atoms with Crippen molar-refractivity contribution in [3.63, 3.8) is 0 Å². The average molecular weight is 303 g/mol. The third-order valence-corrected chi connectivity index (χ3v) is 3.98. The molecule has 0 aromatic carbocycles. The highest BCUT2D eigenvalue weighted by atomic mass is 35.5. The van der Waals surface area contributed by atoms with Gasteiger partial charge < -0.3 is 9.64 Å². The zero-order chi connectivity index (χ0) is 14.0. The number of halogens is 2. The number of aromatic nitrogens is 1. The van der Waals surface area contributed by atoms with E-state index in [1.807, 2.05) is 6.92 Å². The van der Waals surface area contributed by atoms with Gasteiger partial charge in [-0.25, -0.2) is 4.98 Å². The Morgan fingerprint density at radius 2 is 2.21 bits per heavy atom. The Kier molecular flexibility index (Phi) is 4.33. The van der Waals surface area contributed by atoms with Gasteiger partial charge in [-0.15, -0.1) is 0 Å². The van der Waals surface area contributed by atoms with Crippen LogP contribution in [0.4, 0.5) is 0 Å². The van der Waals surface area contributed by atoms with Gasteiger partial charge in [0, 0.05) is 20.2 Å². The topological polar surface area (TPSA) is 42.4 Å². The summed E-state index contributed by atoms with van der Waals surface area (Å²) >= 11 is 11.7. The van der Waals surface area contributed by atoms with Crippen LogP contribution in [0.2, 0.25) is 10.3 Å². The predicted octanol–water partition coefficient (Wildman–Crippen LogP) is 3.03. The van der Waals surface area contributed by atoms with Crippen LogP contribution in [0.15, 0.2) is 12.1 Å². The van der Waals surface area contributed by atoms with Crippen molar-refractivity contribution in [1.29, 1.82) is 0 Å². The Hall–Kier alpha value is -0.840. The lowest BCUT2D eigenvalue weighted by Gasteiger charge is -2.39. The molecule has 1 unspecified atom stereocenters. The third-order valence-electron chi connectivity index (χ3n) is 3.48. The van der Waals surface area contributed by atoms with Crippen LogP contribution in [0.3, 0.4) is 0 Å². The Balaban J connectivity index is 2.19. The molecule has 0 radical (unpaired) electrons. The number of methoxy groups -OCH3 is 1. The summed E-state index contributed by atoms with van der Waals surface area (Å²) in [4.78, 5) is 18.1. The van der Waals surface area contributed by atoms with E-state index < -0.39 is 0 Å². The van der Waals surface area contributed by atoms with Gasteiger partial charge in [0.25, 0.3) is 5.91 Å². The molecule has 1 aliphatic heterocycles. The van der Waals surface area contributed by atoms with Crippen molar-refractivity contribution in [2.45, 2.75) is 25.4 Å². The van der Waals surface area contributed by atoms with E-state index in [-0.39, 0.29) is 21.8 Å². The van der Waals surface area contributed by atoms with E-state index in [2.05, 4.69) is 4.98 Å². The summed E-state index contributed by atoms with van der Waals surface area (Å²) in [5.41, 5.74) is 0.0895. The number of pyridine rings is 1. The molecule has 4 nitrogen and oxygen atoms in total. The maximum atomic E-state index is 12.4. The highest BCUT2D eigenvalue weighted by Crippen LogP contribution is 2.26. The quantitative estimate of drug-likeness (QED) is 0.789. The van der Waals surface area contributed by atoms with Crippen molar-refractivity contribution in [3.05, 3.63) is 28.0 Å². The fourth-order valence-corrected chi connectivity index (χ4v) is 2.71. The fourth-order valence-electron chi connectivity index (χ4n) is 2.29. The Morgan fingerprint density at radius 3 is 2.84 bits per heavy atom. The maximum Gasteiger partial charge on any atom is 0.257 e. The number of carbonyl (C=O) groups is 1. The number of hydrogen-bond donors (Lipinski definition) is 0. The first-order valence-electron chi connectivity index (χ1n) is 6.12. The van der Waals surface area contributed by atoms with Crippen molar-refractivity contribution in [1.82, 2.24) is 9.88 Å². The number of rotatable bonds is 2. The van der Waals surface area contributed by atoms with Crippen molar-refractivity contribution in [2.24, 2.45) is 0 Å². The van der Waals surface area contributed by atoms with Crippen molar-refractivity contribution in [2.75, 3.05) is 20.2 Å². The second kappa shape index (κ2) is 5.65. The minimum atomic E-state index is -0.291. The molecule has 1 atom stereocenters. The predicted molar refractivity (Wildman–Crippen MR) is 74.8 cm³/mol. The van der Waals surface area contributed by atoms with E-state index in [9.17, 15) is 4.79 Å². The number of carbonyl (C=O) groups excluding carboxylic acids is 1. The first kappa shape index (κ1) is 14.6. The molecule has 1 aromatic heterocycles. The average Bonchev–Trinajstić information content (AvgIpc) is 2.38. The van der Waals surface area contributed by atoms with Gasteiger partial charge in [-0.2, -0.15) is 0 Å². The number of hydrogen-bond acceptors (Lipinski definition) is 3. The Morgan fingerprint density at radius 1 is 1.47 bits per heavy atom. The molecule has 1 amide bonds. The standard InChI is InChI=1S/C13H16Cl2N2O2/c1-13(19-2)6-3-7-17(8-13)12(18)9-4-5-10(14)16-11(9)15/h4-5H,3,6-8H2,1-2H3. The molecule has 1 saturated heterocycles. The second-order valence-corrected chi connectivity index (χ2v) is 5.70. The summed E-state index contributed by atoms with van der Waals surface area (Å²) in [5, 5.41) is 0.420. The molecular weight excluding hydrogens is 287 g/mol. The first-order valence-corrected chi connectivity index (χ1v) is 6.87. The molecule has 19 heavy (non-hydrogen) atoms. The number of ether oxygens (including phenoxy) is 1. The highest BCUT2D eigenvalue weighted by molar-refractivity contribution is 6.34. The maximum absolute atomic E-state index is 12.4. The van der Waals surface area contributed by atoms with Gasteiger partial charge in [-0.05, 0) is 31.9 Å². The summed E-state index contributed by atoms with van der Waals surface area (Å²) in [6.45, 7) is 3.27. The molecule has 2 heterocycles. The second-order valence-electron chi connectivity index (χ2n) is 4.96. The van der Waals surface area contributed by atoms with E-state index in [4.69, 9.17) is 27.9 Å². The van der Waals surface area contributed by atoms with Gasteiger partial charge in [0.1, 0.15) is 10.3 Å². The zero-order valence-corrected chi connectivity index (χ0v) is 12.5. The SMILES string of the molecule is COC1(C)CCCN(C(=O)c2ccc(Cl)nc2Cl)C1. The van der Waals surface area contributed by atoms with Crippen LogP contribution in [0, 0.1) is 0 Å². The summed E-state index contributed by atoms with van der Waals surface area (Å²) in [7, 11) is 1.67. The van der Waals surface area contributed by atoms with E-state index in [0.717, 1.165) is 12.8 Å². The molecular formula is C13H16Cl2N2O2. The Labute approximate surface area is 122 Å². The molecule has 2 rings (SSSR count). The van der Waals surface area contributed by atoms with Crippen molar-refractivity contribution in [3.8, 4) is 0 Å². The molecule has 1 fully saturated rings.